The molecule has 25 heavy (non-hydrogen) atoms. The van der Waals surface area contributed by atoms with Crippen LogP contribution in [0.25, 0.3) is 0 Å². The van der Waals surface area contributed by atoms with Crippen LogP contribution in [0.2, 0.25) is 0 Å². The third-order valence-corrected chi connectivity index (χ3v) is 4.58. The number of hydrogen-bond acceptors (Lipinski definition) is 3. The fourth-order valence-electron chi connectivity index (χ4n) is 3.13. The molecule has 1 saturated heterocycles. The van der Waals surface area contributed by atoms with Crippen LogP contribution in [0, 0.1) is 5.92 Å². The summed E-state index contributed by atoms with van der Waals surface area (Å²) in [5.74, 6) is 0.314. The van der Waals surface area contributed by atoms with Crippen molar-refractivity contribution in [2.24, 2.45) is 5.92 Å². The zero-order valence-corrected chi connectivity index (χ0v) is 14.7. The molecule has 0 unspecified atom stereocenters. The van der Waals surface area contributed by atoms with Crippen LogP contribution in [-0.4, -0.2) is 39.1 Å². The Labute approximate surface area is 147 Å². The summed E-state index contributed by atoms with van der Waals surface area (Å²) in [6.45, 7) is 5.11. The minimum absolute atomic E-state index is 0.0488. The van der Waals surface area contributed by atoms with Crippen molar-refractivity contribution in [3.63, 3.8) is 0 Å². The van der Waals surface area contributed by atoms with E-state index < -0.39 is 0 Å². The van der Waals surface area contributed by atoms with Crippen LogP contribution in [0.15, 0.2) is 42.6 Å². The van der Waals surface area contributed by atoms with E-state index in [2.05, 4.69) is 22.5 Å². The van der Waals surface area contributed by atoms with Gasteiger partial charge in [-0.3, -0.25) is 9.59 Å². The monoisotopic (exact) mass is 340 g/mol. The Hall–Kier alpha value is -2.63. The van der Waals surface area contributed by atoms with Gasteiger partial charge in [-0.05, 0) is 25.8 Å². The molecular weight excluding hydrogens is 316 g/mol. The van der Waals surface area contributed by atoms with E-state index in [9.17, 15) is 9.59 Å². The molecule has 1 aliphatic rings. The van der Waals surface area contributed by atoms with Gasteiger partial charge in [0.1, 0.15) is 5.82 Å². The number of carbonyl (C=O) groups excluding carboxylic acids is 2. The SMILES string of the molecule is CC(C)N1C[C@H](C(=O)Nc2ccnn2CCc2ccccc2)CC1=O. The molecule has 6 nitrogen and oxygen atoms in total. The number of benzene rings is 1. The smallest absolute Gasteiger partial charge is 0.230 e. The van der Waals surface area contributed by atoms with Gasteiger partial charge in [-0.15, -0.1) is 0 Å². The predicted molar refractivity (Wildman–Crippen MR) is 96.0 cm³/mol. The normalized spacial score (nSPS) is 17.3. The number of nitrogens with zero attached hydrogens (tertiary/aromatic N) is 3. The van der Waals surface area contributed by atoms with E-state index in [1.165, 1.54) is 5.56 Å². The summed E-state index contributed by atoms with van der Waals surface area (Å²) < 4.78 is 1.79. The molecule has 1 atom stereocenters. The first-order valence-electron chi connectivity index (χ1n) is 8.70. The second kappa shape index (κ2) is 7.51. The molecular formula is C19H24N4O2. The highest BCUT2D eigenvalue weighted by molar-refractivity contribution is 5.96. The summed E-state index contributed by atoms with van der Waals surface area (Å²) in [6, 6.07) is 12.1. The number of anilines is 1. The van der Waals surface area contributed by atoms with Crippen LogP contribution in [0.3, 0.4) is 0 Å². The first-order chi connectivity index (χ1) is 12.0. The first kappa shape index (κ1) is 17.2. The Kier molecular flexibility index (Phi) is 5.16. The van der Waals surface area contributed by atoms with Crippen LogP contribution < -0.4 is 5.32 Å². The number of likely N-dealkylation sites (tertiary alicyclic amines) is 1. The molecule has 0 spiro atoms. The third kappa shape index (κ3) is 4.07. The molecule has 6 heteroatoms. The van der Waals surface area contributed by atoms with Crippen LogP contribution in [0.5, 0.6) is 0 Å². The summed E-state index contributed by atoms with van der Waals surface area (Å²) in [6.07, 6.45) is 2.80. The molecule has 1 fully saturated rings. The standard InChI is InChI=1S/C19H24N4O2/c1-14(2)22-13-16(12-18(22)24)19(25)21-17-8-10-20-23(17)11-9-15-6-4-3-5-7-15/h3-8,10,14,16H,9,11-13H2,1-2H3,(H,21,25)/t16-/m1/s1. The molecule has 1 aliphatic heterocycles. The maximum atomic E-state index is 12.5. The van der Waals surface area contributed by atoms with Crippen LogP contribution in [0.4, 0.5) is 5.82 Å². The molecule has 3 rings (SSSR count). The van der Waals surface area contributed by atoms with Crippen molar-refractivity contribution in [2.45, 2.75) is 39.3 Å². The molecule has 1 N–H and O–H groups in total. The van der Waals surface area contributed by atoms with Gasteiger partial charge in [-0.2, -0.15) is 5.10 Å². The molecule has 0 aliphatic carbocycles. The van der Waals surface area contributed by atoms with E-state index in [-0.39, 0.29) is 30.2 Å². The lowest BCUT2D eigenvalue weighted by molar-refractivity contribution is -0.129. The highest BCUT2D eigenvalue weighted by atomic mass is 16.2. The molecule has 132 valence electrons. The van der Waals surface area contributed by atoms with Crippen molar-refractivity contribution in [1.82, 2.24) is 14.7 Å². The quantitative estimate of drug-likeness (QED) is 0.877. The number of hydrogen-bond donors (Lipinski definition) is 1. The number of carbonyl (C=O) groups is 2. The second-order valence-corrected chi connectivity index (χ2v) is 6.71. The van der Waals surface area contributed by atoms with Gasteiger partial charge in [0.15, 0.2) is 0 Å². The average molecular weight is 340 g/mol. The van der Waals surface area contributed by atoms with E-state index >= 15 is 0 Å². The van der Waals surface area contributed by atoms with Gasteiger partial charge in [0.05, 0.1) is 12.1 Å². The van der Waals surface area contributed by atoms with E-state index in [0.29, 0.717) is 18.9 Å². The molecule has 2 aromatic rings. The Bertz CT molecular complexity index is 739. The van der Waals surface area contributed by atoms with Gasteiger partial charge >= 0.3 is 0 Å². The van der Waals surface area contributed by atoms with Gasteiger partial charge in [0, 0.05) is 31.6 Å². The van der Waals surface area contributed by atoms with Crippen molar-refractivity contribution in [2.75, 3.05) is 11.9 Å². The number of amides is 2. The third-order valence-electron chi connectivity index (χ3n) is 4.58. The molecule has 1 aromatic carbocycles. The van der Waals surface area contributed by atoms with Gasteiger partial charge in [0.25, 0.3) is 0 Å². The molecule has 2 heterocycles. The lowest BCUT2D eigenvalue weighted by atomic mass is 10.1. The second-order valence-electron chi connectivity index (χ2n) is 6.71. The molecule has 0 radical (unpaired) electrons. The fraction of sp³-hybridized carbons (Fsp3) is 0.421. The fourth-order valence-corrected chi connectivity index (χ4v) is 3.13. The zero-order valence-electron chi connectivity index (χ0n) is 14.7. The number of aromatic nitrogens is 2. The van der Waals surface area contributed by atoms with Crippen molar-refractivity contribution in [1.29, 1.82) is 0 Å². The van der Waals surface area contributed by atoms with Crippen molar-refractivity contribution in [3.8, 4) is 0 Å². The maximum Gasteiger partial charge on any atom is 0.230 e. The first-order valence-corrected chi connectivity index (χ1v) is 8.70. The Morgan fingerprint density at radius 3 is 2.72 bits per heavy atom. The summed E-state index contributed by atoms with van der Waals surface area (Å²) in [7, 11) is 0. The Morgan fingerprint density at radius 1 is 1.28 bits per heavy atom. The van der Waals surface area contributed by atoms with Crippen LogP contribution >= 0.6 is 0 Å². The molecule has 2 amide bonds. The van der Waals surface area contributed by atoms with Gasteiger partial charge in [0.2, 0.25) is 11.8 Å². The van der Waals surface area contributed by atoms with Gasteiger partial charge < -0.3 is 10.2 Å². The topological polar surface area (TPSA) is 67.2 Å². The van der Waals surface area contributed by atoms with E-state index in [1.807, 2.05) is 32.0 Å². The number of aryl methyl sites for hydroxylation is 2. The Balaban J connectivity index is 1.59. The largest absolute Gasteiger partial charge is 0.339 e. The summed E-state index contributed by atoms with van der Waals surface area (Å²) in [5.41, 5.74) is 1.23. The minimum atomic E-state index is -0.299. The number of rotatable bonds is 6. The summed E-state index contributed by atoms with van der Waals surface area (Å²) in [4.78, 5) is 26.3. The van der Waals surface area contributed by atoms with Crippen molar-refractivity contribution < 1.29 is 9.59 Å². The lowest BCUT2D eigenvalue weighted by Gasteiger charge is -2.20. The maximum absolute atomic E-state index is 12.5. The summed E-state index contributed by atoms with van der Waals surface area (Å²) in [5, 5.41) is 7.23. The average Bonchev–Trinajstić information content (AvgIpc) is 3.20. The highest BCUT2D eigenvalue weighted by Gasteiger charge is 2.35. The van der Waals surface area contributed by atoms with E-state index in [1.54, 1.807) is 21.8 Å². The van der Waals surface area contributed by atoms with Crippen molar-refractivity contribution in [3.05, 3.63) is 48.2 Å². The Morgan fingerprint density at radius 2 is 2.04 bits per heavy atom. The molecule has 0 bridgehead atoms. The van der Waals surface area contributed by atoms with Crippen LogP contribution in [-0.2, 0) is 22.6 Å². The van der Waals surface area contributed by atoms with Crippen molar-refractivity contribution >= 4 is 17.6 Å². The van der Waals surface area contributed by atoms with Crippen LogP contribution in [0.1, 0.15) is 25.8 Å². The summed E-state index contributed by atoms with van der Waals surface area (Å²) >= 11 is 0. The predicted octanol–water partition coefficient (Wildman–Crippen LogP) is 2.32. The number of nitrogens with one attached hydrogen (secondary N) is 1. The van der Waals surface area contributed by atoms with Gasteiger partial charge in [-0.25, -0.2) is 4.68 Å². The zero-order chi connectivity index (χ0) is 17.8. The van der Waals surface area contributed by atoms with Gasteiger partial charge in [-0.1, -0.05) is 30.3 Å². The minimum Gasteiger partial charge on any atom is -0.339 e. The molecule has 1 aromatic heterocycles. The van der Waals surface area contributed by atoms with E-state index in [4.69, 9.17) is 0 Å². The highest BCUT2D eigenvalue weighted by Crippen LogP contribution is 2.22. The van der Waals surface area contributed by atoms with E-state index in [0.717, 1.165) is 6.42 Å². The lowest BCUT2D eigenvalue weighted by Crippen LogP contribution is -2.33. The molecule has 0 saturated carbocycles.